The summed E-state index contributed by atoms with van der Waals surface area (Å²) in [5.74, 6) is -1.14. The second-order valence-corrected chi connectivity index (χ2v) is 4.68. The lowest BCUT2D eigenvalue weighted by Gasteiger charge is -2.11. The minimum Gasteiger partial charge on any atom is -0.475 e. The third-order valence-corrected chi connectivity index (χ3v) is 3.71. The number of halogens is 1. The molecule has 2 aromatic rings. The Morgan fingerprint density at radius 3 is 2.67 bits per heavy atom. The number of carboxylic acids is 1. The number of furan rings is 1. The molecule has 4 nitrogen and oxygen atoms in total. The third-order valence-electron chi connectivity index (χ3n) is 2.62. The number of aliphatic hydroxyl groups excluding tert-OH is 1. The van der Waals surface area contributed by atoms with Crippen molar-refractivity contribution in [2.45, 2.75) is 13.0 Å². The van der Waals surface area contributed by atoms with Gasteiger partial charge in [-0.15, -0.1) is 0 Å². The zero-order valence-corrected chi connectivity index (χ0v) is 11.1. The molecule has 0 fully saturated rings. The largest absolute Gasteiger partial charge is 0.475 e. The number of hydrogen-bond acceptors (Lipinski definition) is 3. The summed E-state index contributed by atoms with van der Waals surface area (Å²) in [5, 5.41) is 18.9. The van der Waals surface area contributed by atoms with E-state index in [1.165, 1.54) is 12.1 Å². The van der Waals surface area contributed by atoms with Crippen LogP contribution in [0.4, 0.5) is 0 Å². The highest BCUT2D eigenvalue weighted by Gasteiger charge is 2.19. The van der Waals surface area contributed by atoms with E-state index in [4.69, 9.17) is 9.52 Å². The van der Waals surface area contributed by atoms with Crippen LogP contribution in [-0.4, -0.2) is 16.2 Å². The highest BCUT2D eigenvalue weighted by molar-refractivity contribution is 9.10. The number of rotatable bonds is 3. The van der Waals surface area contributed by atoms with Gasteiger partial charge in [0.1, 0.15) is 11.9 Å². The van der Waals surface area contributed by atoms with Crippen molar-refractivity contribution in [1.82, 2.24) is 0 Å². The fraction of sp³-hybridized carbons (Fsp3) is 0.154. The maximum atomic E-state index is 10.7. The molecule has 1 aromatic heterocycles. The molecular formula is C13H11BrO4. The van der Waals surface area contributed by atoms with E-state index in [9.17, 15) is 9.90 Å². The molecule has 0 aliphatic heterocycles. The Morgan fingerprint density at radius 2 is 2.06 bits per heavy atom. The number of aromatic carboxylic acids is 1. The molecule has 0 saturated carbocycles. The first-order valence-electron chi connectivity index (χ1n) is 5.27. The molecular weight excluding hydrogens is 300 g/mol. The quantitative estimate of drug-likeness (QED) is 0.913. The maximum absolute atomic E-state index is 10.7. The molecule has 0 aliphatic rings. The minimum atomic E-state index is -1.16. The summed E-state index contributed by atoms with van der Waals surface area (Å²) in [5.41, 5.74) is 1.62. The molecule has 0 aliphatic carbocycles. The van der Waals surface area contributed by atoms with E-state index in [-0.39, 0.29) is 11.5 Å². The van der Waals surface area contributed by atoms with Crippen molar-refractivity contribution in [3.8, 4) is 0 Å². The Morgan fingerprint density at radius 1 is 1.33 bits per heavy atom. The van der Waals surface area contributed by atoms with Gasteiger partial charge in [-0.2, -0.15) is 0 Å². The zero-order valence-electron chi connectivity index (χ0n) is 9.55. The summed E-state index contributed by atoms with van der Waals surface area (Å²) >= 11 is 3.40. The van der Waals surface area contributed by atoms with Gasteiger partial charge < -0.3 is 14.6 Å². The summed E-state index contributed by atoms with van der Waals surface area (Å²) in [6.07, 6.45) is -0.993. The Balaban J connectivity index is 2.38. The number of carbonyl (C=O) groups is 1. The zero-order chi connectivity index (χ0) is 13.3. The molecule has 0 amide bonds. The Labute approximate surface area is 112 Å². The van der Waals surface area contributed by atoms with Crippen LogP contribution in [-0.2, 0) is 0 Å². The first kappa shape index (κ1) is 12.9. The van der Waals surface area contributed by atoms with Crippen molar-refractivity contribution in [1.29, 1.82) is 0 Å². The van der Waals surface area contributed by atoms with Gasteiger partial charge in [0.15, 0.2) is 0 Å². The Hall–Kier alpha value is -1.59. The van der Waals surface area contributed by atoms with Gasteiger partial charge in [-0.1, -0.05) is 34.1 Å². The first-order chi connectivity index (χ1) is 8.50. The van der Waals surface area contributed by atoms with Crippen molar-refractivity contribution in [2.75, 3.05) is 0 Å². The van der Waals surface area contributed by atoms with Gasteiger partial charge in [-0.3, -0.25) is 0 Å². The minimum absolute atomic E-state index is 0.187. The molecule has 94 valence electrons. The van der Waals surface area contributed by atoms with Crippen LogP contribution in [0.15, 0.2) is 39.2 Å². The van der Waals surface area contributed by atoms with Crippen molar-refractivity contribution in [3.63, 3.8) is 0 Å². The summed E-state index contributed by atoms with van der Waals surface area (Å²) in [4.78, 5) is 10.7. The van der Waals surface area contributed by atoms with Gasteiger partial charge in [-0.25, -0.2) is 4.79 Å². The van der Waals surface area contributed by atoms with E-state index in [0.717, 1.165) is 10.0 Å². The van der Waals surface area contributed by atoms with Gasteiger partial charge in [0, 0.05) is 10.0 Å². The third kappa shape index (κ3) is 2.32. The molecule has 0 radical (unpaired) electrons. The van der Waals surface area contributed by atoms with Gasteiger partial charge in [-0.05, 0) is 24.6 Å². The van der Waals surface area contributed by atoms with Crippen molar-refractivity contribution >= 4 is 21.9 Å². The van der Waals surface area contributed by atoms with Gasteiger partial charge >= 0.3 is 5.97 Å². The molecule has 1 atom stereocenters. The van der Waals surface area contributed by atoms with Crippen LogP contribution in [0, 0.1) is 6.92 Å². The van der Waals surface area contributed by atoms with E-state index in [0.29, 0.717) is 5.56 Å². The molecule has 0 spiro atoms. The summed E-state index contributed by atoms with van der Waals surface area (Å²) in [6.45, 7) is 1.91. The number of aliphatic hydroxyl groups is 1. The second kappa shape index (κ2) is 4.96. The van der Waals surface area contributed by atoms with E-state index in [2.05, 4.69) is 15.9 Å². The van der Waals surface area contributed by atoms with Crippen molar-refractivity contribution in [2.24, 2.45) is 0 Å². The topological polar surface area (TPSA) is 70.7 Å². The SMILES string of the molecule is Cc1cccc(C(O)c2ccc(C(=O)O)o2)c1Br. The predicted molar refractivity (Wildman–Crippen MR) is 68.6 cm³/mol. The molecule has 2 rings (SSSR count). The van der Waals surface area contributed by atoms with Crippen LogP contribution in [0.25, 0.3) is 0 Å². The normalized spacial score (nSPS) is 12.4. The van der Waals surface area contributed by atoms with Crippen LogP contribution in [0.5, 0.6) is 0 Å². The van der Waals surface area contributed by atoms with E-state index in [1.54, 1.807) is 6.07 Å². The fourth-order valence-corrected chi connectivity index (χ4v) is 2.13. The first-order valence-corrected chi connectivity index (χ1v) is 6.06. The van der Waals surface area contributed by atoms with Gasteiger partial charge in [0.05, 0.1) is 0 Å². The smallest absolute Gasteiger partial charge is 0.371 e. The molecule has 5 heteroatoms. The van der Waals surface area contributed by atoms with Crippen LogP contribution in [0.1, 0.15) is 33.5 Å². The number of benzene rings is 1. The standard InChI is InChI=1S/C13H11BrO4/c1-7-3-2-4-8(11(7)14)12(15)9-5-6-10(18-9)13(16)17/h2-6,12,15H,1H3,(H,16,17). The average Bonchev–Trinajstić information content (AvgIpc) is 2.81. The summed E-state index contributed by atoms with van der Waals surface area (Å²) < 4.78 is 5.87. The van der Waals surface area contributed by atoms with E-state index in [1.807, 2.05) is 19.1 Å². The highest BCUT2D eigenvalue weighted by atomic mass is 79.9. The molecule has 1 unspecified atom stereocenters. The molecule has 0 bridgehead atoms. The van der Waals surface area contributed by atoms with Crippen LogP contribution >= 0.6 is 15.9 Å². The molecule has 1 aromatic carbocycles. The van der Waals surface area contributed by atoms with Crippen LogP contribution in [0.3, 0.4) is 0 Å². The Bertz CT molecular complexity index is 588. The highest BCUT2D eigenvalue weighted by Crippen LogP contribution is 2.31. The molecule has 1 heterocycles. The van der Waals surface area contributed by atoms with Gasteiger partial charge in [0.2, 0.25) is 5.76 Å². The molecule has 2 N–H and O–H groups in total. The van der Waals surface area contributed by atoms with Crippen LogP contribution < -0.4 is 0 Å². The van der Waals surface area contributed by atoms with Crippen molar-refractivity contribution < 1.29 is 19.4 Å². The molecule has 0 saturated heterocycles. The van der Waals surface area contributed by atoms with E-state index >= 15 is 0 Å². The monoisotopic (exact) mass is 310 g/mol. The van der Waals surface area contributed by atoms with Gasteiger partial charge in [0.25, 0.3) is 0 Å². The number of hydrogen-bond donors (Lipinski definition) is 2. The fourth-order valence-electron chi connectivity index (χ4n) is 1.65. The Kier molecular flexibility index (Phi) is 3.54. The lowest BCUT2D eigenvalue weighted by molar-refractivity contribution is 0.0655. The summed E-state index contributed by atoms with van der Waals surface area (Å²) in [6, 6.07) is 8.27. The lowest BCUT2D eigenvalue weighted by atomic mass is 10.1. The lowest BCUT2D eigenvalue weighted by Crippen LogP contribution is -2.00. The average molecular weight is 311 g/mol. The maximum Gasteiger partial charge on any atom is 0.371 e. The van der Waals surface area contributed by atoms with E-state index < -0.39 is 12.1 Å². The van der Waals surface area contributed by atoms with Crippen molar-refractivity contribution in [3.05, 3.63) is 57.5 Å². The molecule has 18 heavy (non-hydrogen) atoms. The predicted octanol–water partition coefficient (Wildman–Crippen LogP) is 3.13. The second-order valence-electron chi connectivity index (χ2n) is 3.89. The van der Waals surface area contributed by atoms with Crippen LogP contribution in [0.2, 0.25) is 0 Å². The number of carboxylic acid groups (broad SMARTS) is 1. The summed E-state index contributed by atoms with van der Waals surface area (Å²) in [7, 11) is 0. The number of aryl methyl sites for hydroxylation is 1.